The Morgan fingerprint density at radius 2 is 1.94 bits per heavy atom. The van der Waals surface area contributed by atoms with Crippen LogP contribution < -0.4 is 5.32 Å². The topological polar surface area (TPSA) is 15.3 Å². The molecule has 0 spiro atoms. The molecule has 1 N–H and O–H groups in total. The maximum Gasteiger partial charge on any atom is 0.0517 e. The summed E-state index contributed by atoms with van der Waals surface area (Å²) in [4.78, 5) is 2.41. The van der Waals surface area contributed by atoms with Crippen molar-refractivity contribution in [1.29, 1.82) is 0 Å². The first kappa shape index (κ1) is 11.0. The van der Waals surface area contributed by atoms with Crippen LogP contribution in [0, 0.1) is 0 Å². The second-order valence-electron chi connectivity index (χ2n) is 5.21. The predicted octanol–water partition coefficient (Wildman–Crippen LogP) is 2.44. The fourth-order valence-corrected chi connectivity index (χ4v) is 2.82. The van der Waals surface area contributed by atoms with Crippen molar-refractivity contribution in [3.8, 4) is 0 Å². The summed E-state index contributed by atoms with van der Waals surface area (Å²) < 4.78 is 0. The number of fused-ring (bicyclic) bond motifs is 1. The maximum absolute atomic E-state index is 3.78. The Kier molecular flexibility index (Phi) is 3.00. The molecular weight excluding hydrogens is 208 g/mol. The molecule has 2 aliphatic rings. The van der Waals surface area contributed by atoms with E-state index in [1.165, 1.54) is 37.1 Å². The molecule has 2 nitrogen and oxygen atoms in total. The Morgan fingerprint density at radius 1 is 1.18 bits per heavy atom. The van der Waals surface area contributed by atoms with Crippen LogP contribution in [0.25, 0.3) is 6.08 Å². The molecule has 2 heteroatoms. The number of nitrogens with one attached hydrogen (secondary N) is 1. The minimum atomic E-state index is 0.430. The average molecular weight is 228 g/mol. The molecule has 17 heavy (non-hydrogen) atoms. The zero-order valence-corrected chi connectivity index (χ0v) is 10.4. The van der Waals surface area contributed by atoms with E-state index < -0.39 is 0 Å². The summed E-state index contributed by atoms with van der Waals surface area (Å²) in [6.45, 7) is 2.44. The summed E-state index contributed by atoms with van der Waals surface area (Å²) in [5.74, 6) is 0. The maximum atomic E-state index is 3.78. The molecule has 1 aromatic carbocycles. The van der Waals surface area contributed by atoms with Gasteiger partial charge >= 0.3 is 0 Å². The van der Waals surface area contributed by atoms with Crippen molar-refractivity contribution in [2.75, 3.05) is 20.1 Å². The molecule has 1 heterocycles. The predicted molar refractivity (Wildman–Crippen MR) is 71.9 cm³/mol. The second-order valence-corrected chi connectivity index (χ2v) is 5.21. The number of likely N-dealkylation sites (tertiary alicyclic amines) is 1. The Bertz CT molecular complexity index is 417. The summed E-state index contributed by atoms with van der Waals surface area (Å²) in [7, 11) is 2.21. The molecule has 0 bridgehead atoms. The smallest absolute Gasteiger partial charge is 0.0517 e. The van der Waals surface area contributed by atoms with Crippen molar-refractivity contribution in [3.63, 3.8) is 0 Å². The van der Waals surface area contributed by atoms with Gasteiger partial charge in [-0.1, -0.05) is 36.4 Å². The van der Waals surface area contributed by atoms with Gasteiger partial charge in [0.2, 0.25) is 0 Å². The van der Waals surface area contributed by atoms with E-state index in [0.29, 0.717) is 12.1 Å². The van der Waals surface area contributed by atoms with Crippen molar-refractivity contribution in [1.82, 2.24) is 10.2 Å². The van der Waals surface area contributed by atoms with Gasteiger partial charge in [-0.3, -0.25) is 0 Å². The van der Waals surface area contributed by atoms with Crippen LogP contribution in [0.2, 0.25) is 0 Å². The fraction of sp³-hybridized carbons (Fsp3) is 0.467. The van der Waals surface area contributed by atoms with Gasteiger partial charge < -0.3 is 10.2 Å². The molecule has 1 saturated heterocycles. The molecule has 1 aromatic rings. The third-order valence-corrected chi connectivity index (χ3v) is 3.93. The van der Waals surface area contributed by atoms with E-state index in [1.54, 1.807) is 0 Å². The SMILES string of the molecule is CN1CCC(NC2C=Cc3ccccc32)CC1. The highest BCUT2D eigenvalue weighted by Crippen LogP contribution is 2.28. The van der Waals surface area contributed by atoms with Gasteiger partial charge in [0.25, 0.3) is 0 Å². The Balaban J connectivity index is 1.66. The van der Waals surface area contributed by atoms with Crippen LogP contribution in [0.3, 0.4) is 0 Å². The lowest BCUT2D eigenvalue weighted by atomic mass is 10.0. The van der Waals surface area contributed by atoms with Crippen LogP contribution in [-0.4, -0.2) is 31.1 Å². The second kappa shape index (κ2) is 4.63. The standard InChI is InChI=1S/C15H20N2/c1-17-10-8-13(9-11-17)16-15-7-6-12-4-2-3-5-14(12)15/h2-7,13,15-16H,8-11H2,1H3. The van der Waals surface area contributed by atoms with Crippen LogP contribution >= 0.6 is 0 Å². The lowest BCUT2D eigenvalue weighted by molar-refractivity contribution is 0.230. The Morgan fingerprint density at radius 3 is 2.76 bits per heavy atom. The fourth-order valence-electron chi connectivity index (χ4n) is 2.82. The number of piperidine rings is 1. The van der Waals surface area contributed by atoms with E-state index in [1.807, 2.05) is 0 Å². The molecule has 0 aromatic heterocycles. The zero-order chi connectivity index (χ0) is 11.7. The highest BCUT2D eigenvalue weighted by Gasteiger charge is 2.22. The van der Waals surface area contributed by atoms with E-state index in [0.717, 1.165) is 0 Å². The molecule has 1 aliphatic carbocycles. The molecule has 3 rings (SSSR count). The van der Waals surface area contributed by atoms with Gasteiger partial charge in [0.15, 0.2) is 0 Å². The molecule has 0 radical (unpaired) electrons. The molecule has 90 valence electrons. The minimum absolute atomic E-state index is 0.430. The van der Waals surface area contributed by atoms with Crippen molar-refractivity contribution in [3.05, 3.63) is 41.5 Å². The molecule has 1 unspecified atom stereocenters. The first-order valence-corrected chi connectivity index (χ1v) is 6.54. The quantitative estimate of drug-likeness (QED) is 0.836. The van der Waals surface area contributed by atoms with Gasteiger partial charge in [0, 0.05) is 6.04 Å². The molecule has 1 aliphatic heterocycles. The first-order valence-electron chi connectivity index (χ1n) is 6.54. The first-order chi connectivity index (χ1) is 8.33. The third kappa shape index (κ3) is 2.28. The molecular formula is C15H20N2. The number of nitrogens with zero attached hydrogens (tertiary/aromatic N) is 1. The van der Waals surface area contributed by atoms with Gasteiger partial charge in [0.1, 0.15) is 0 Å². The van der Waals surface area contributed by atoms with E-state index in [9.17, 15) is 0 Å². The van der Waals surface area contributed by atoms with Crippen molar-refractivity contribution < 1.29 is 0 Å². The van der Waals surface area contributed by atoms with Gasteiger partial charge in [-0.2, -0.15) is 0 Å². The van der Waals surface area contributed by atoms with Crippen LogP contribution in [0.1, 0.15) is 30.0 Å². The molecule has 0 amide bonds. The van der Waals surface area contributed by atoms with Gasteiger partial charge in [0.05, 0.1) is 6.04 Å². The lowest BCUT2D eigenvalue weighted by Gasteiger charge is -2.31. The van der Waals surface area contributed by atoms with Crippen molar-refractivity contribution in [2.45, 2.75) is 24.9 Å². The number of hydrogen-bond donors (Lipinski definition) is 1. The summed E-state index contributed by atoms with van der Waals surface area (Å²) in [6.07, 6.45) is 7.07. The van der Waals surface area contributed by atoms with Crippen LogP contribution in [0.5, 0.6) is 0 Å². The Hall–Kier alpha value is -1.12. The summed E-state index contributed by atoms with van der Waals surface area (Å²) >= 11 is 0. The summed E-state index contributed by atoms with van der Waals surface area (Å²) in [5.41, 5.74) is 2.81. The normalized spacial score (nSPS) is 25.1. The highest BCUT2D eigenvalue weighted by atomic mass is 15.1. The minimum Gasteiger partial charge on any atom is -0.306 e. The molecule has 0 saturated carbocycles. The van der Waals surface area contributed by atoms with Crippen LogP contribution in [0.4, 0.5) is 0 Å². The highest BCUT2D eigenvalue weighted by molar-refractivity contribution is 5.61. The summed E-state index contributed by atoms with van der Waals surface area (Å²) in [5, 5.41) is 3.78. The zero-order valence-electron chi connectivity index (χ0n) is 10.4. The van der Waals surface area contributed by atoms with Gasteiger partial charge in [-0.05, 0) is 44.1 Å². The monoisotopic (exact) mass is 228 g/mol. The van der Waals surface area contributed by atoms with Gasteiger partial charge in [-0.25, -0.2) is 0 Å². The number of benzene rings is 1. The molecule has 1 fully saturated rings. The molecule has 1 atom stereocenters. The van der Waals surface area contributed by atoms with Crippen LogP contribution in [0.15, 0.2) is 30.3 Å². The van der Waals surface area contributed by atoms with Crippen molar-refractivity contribution >= 4 is 6.08 Å². The summed E-state index contributed by atoms with van der Waals surface area (Å²) in [6, 6.07) is 9.78. The van der Waals surface area contributed by atoms with Crippen molar-refractivity contribution in [2.24, 2.45) is 0 Å². The van der Waals surface area contributed by atoms with Gasteiger partial charge in [-0.15, -0.1) is 0 Å². The number of hydrogen-bond acceptors (Lipinski definition) is 2. The number of rotatable bonds is 2. The third-order valence-electron chi connectivity index (χ3n) is 3.93. The average Bonchev–Trinajstić information content (AvgIpc) is 2.76. The van der Waals surface area contributed by atoms with E-state index in [4.69, 9.17) is 0 Å². The van der Waals surface area contributed by atoms with E-state index in [2.05, 4.69) is 53.7 Å². The van der Waals surface area contributed by atoms with E-state index >= 15 is 0 Å². The largest absolute Gasteiger partial charge is 0.306 e. The van der Waals surface area contributed by atoms with Crippen LogP contribution in [-0.2, 0) is 0 Å². The Labute approximate surface area is 103 Å². The lowest BCUT2D eigenvalue weighted by Crippen LogP contribution is -2.41. The van der Waals surface area contributed by atoms with E-state index in [-0.39, 0.29) is 0 Å².